The van der Waals surface area contributed by atoms with Crippen LogP contribution >= 0.6 is 0 Å². The molecular formula is C28H37N3O4. The lowest BCUT2D eigenvalue weighted by molar-refractivity contribution is 0.0126. The minimum Gasteiger partial charge on any atom is -0.490 e. The maximum atomic E-state index is 12.6. The van der Waals surface area contributed by atoms with Crippen molar-refractivity contribution in [1.82, 2.24) is 14.7 Å². The second-order valence-corrected chi connectivity index (χ2v) is 10.4. The van der Waals surface area contributed by atoms with Gasteiger partial charge in [0.25, 0.3) is 5.91 Å². The molecule has 0 bridgehead atoms. The van der Waals surface area contributed by atoms with Crippen LogP contribution in [0.25, 0.3) is 0 Å². The average Bonchev–Trinajstić information content (AvgIpc) is 2.85. The Morgan fingerprint density at radius 3 is 2.06 bits per heavy atom. The Morgan fingerprint density at radius 1 is 0.829 bits per heavy atom. The zero-order valence-corrected chi connectivity index (χ0v) is 21.1. The third-order valence-electron chi connectivity index (χ3n) is 6.41. The molecular weight excluding hydrogens is 442 g/mol. The fraction of sp³-hybridized carbons (Fsp3) is 0.500. The van der Waals surface area contributed by atoms with Crippen LogP contribution in [0.3, 0.4) is 0 Å². The summed E-state index contributed by atoms with van der Waals surface area (Å²) in [7, 11) is 0. The standard InChI is InChI=1S/C28H37N3O4/c1-28(2,3)35-27(33)31-15-13-25(14-16-31)34-24-11-9-22(10-12-24)21-29-17-19-30(20-18-29)26(32)23-7-5-4-6-8-23/h4-12,25H,13-21H2,1-3H3. The first kappa shape index (κ1) is 25.0. The fourth-order valence-corrected chi connectivity index (χ4v) is 4.48. The highest BCUT2D eigenvalue weighted by Crippen LogP contribution is 2.22. The van der Waals surface area contributed by atoms with Crippen molar-refractivity contribution >= 4 is 12.0 Å². The van der Waals surface area contributed by atoms with E-state index >= 15 is 0 Å². The molecule has 35 heavy (non-hydrogen) atoms. The molecule has 0 aliphatic carbocycles. The highest BCUT2D eigenvalue weighted by Gasteiger charge is 2.28. The normalized spacial score (nSPS) is 17.8. The number of carbonyl (C=O) groups is 2. The van der Waals surface area contributed by atoms with Crippen molar-refractivity contribution in [1.29, 1.82) is 0 Å². The van der Waals surface area contributed by atoms with Crippen LogP contribution in [0.5, 0.6) is 5.75 Å². The van der Waals surface area contributed by atoms with Crippen LogP contribution in [0.15, 0.2) is 54.6 Å². The number of ether oxygens (including phenoxy) is 2. The summed E-state index contributed by atoms with van der Waals surface area (Å²) in [6, 6.07) is 17.8. The summed E-state index contributed by atoms with van der Waals surface area (Å²) in [5, 5.41) is 0. The summed E-state index contributed by atoms with van der Waals surface area (Å²) in [5.41, 5.74) is 1.52. The van der Waals surface area contributed by atoms with Crippen LogP contribution in [0, 0.1) is 0 Å². The first-order valence-electron chi connectivity index (χ1n) is 12.6. The van der Waals surface area contributed by atoms with Gasteiger partial charge >= 0.3 is 6.09 Å². The molecule has 2 aromatic rings. The second kappa shape index (κ2) is 11.1. The first-order chi connectivity index (χ1) is 16.8. The molecule has 2 amide bonds. The summed E-state index contributed by atoms with van der Waals surface area (Å²) in [5.74, 6) is 0.978. The number of piperazine rings is 1. The van der Waals surface area contributed by atoms with E-state index in [4.69, 9.17) is 9.47 Å². The molecule has 2 heterocycles. The van der Waals surface area contributed by atoms with Crippen molar-refractivity contribution in [3.63, 3.8) is 0 Å². The Hall–Kier alpha value is -3.06. The fourth-order valence-electron chi connectivity index (χ4n) is 4.48. The van der Waals surface area contributed by atoms with Crippen LogP contribution in [0.2, 0.25) is 0 Å². The van der Waals surface area contributed by atoms with Gasteiger partial charge in [0.2, 0.25) is 0 Å². The van der Waals surface area contributed by atoms with Crippen molar-refractivity contribution in [2.45, 2.75) is 51.9 Å². The molecule has 7 heteroatoms. The molecule has 2 aliphatic rings. The van der Waals surface area contributed by atoms with E-state index in [0.717, 1.165) is 56.9 Å². The average molecular weight is 480 g/mol. The molecule has 0 N–H and O–H groups in total. The van der Waals surface area contributed by atoms with Crippen LogP contribution < -0.4 is 4.74 Å². The number of nitrogens with zero attached hydrogens (tertiary/aromatic N) is 3. The molecule has 4 rings (SSSR count). The van der Waals surface area contributed by atoms with Gasteiger partial charge in [-0.15, -0.1) is 0 Å². The quantitative estimate of drug-likeness (QED) is 0.635. The summed E-state index contributed by atoms with van der Waals surface area (Å²) in [4.78, 5) is 31.0. The second-order valence-electron chi connectivity index (χ2n) is 10.4. The Bertz CT molecular complexity index is 972. The van der Waals surface area contributed by atoms with Gasteiger partial charge in [-0.1, -0.05) is 30.3 Å². The molecule has 2 saturated heterocycles. The lowest BCUT2D eigenvalue weighted by Gasteiger charge is -2.35. The number of amides is 2. The number of carbonyl (C=O) groups excluding carboxylic acids is 2. The predicted octanol–water partition coefficient (Wildman–Crippen LogP) is 4.42. The molecule has 2 fully saturated rings. The summed E-state index contributed by atoms with van der Waals surface area (Å²) in [6.45, 7) is 11.1. The lowest BCUT2D eigenvalue weighted by Crippen LogP contribution is -2.48. The number of hydrogen-bond donors (Lipinski definition) is 0. The van der Waals surface area contributed by atoms with E-state index in [1.54, 1.807) is 4.90 Å². The number of benzene rings is 2. The van der Waals surface area contributed by atoms with Gasteiger partial charge in [-0.05, 0) is 50.6 Å². The van der Waals surface area contributed by atoms with Crippen molar-refractivity contribution in [3.05, 3.63) is 65.7 Å². The van der Waals surface area contributed by atoms with Crippen molar-refractivity contribution in [2.75, 3.05) is 39.3 Å². The Balaban J connectivity index is 1.19. The first-order valence-corrected chi connectivity index (χ1v) is 12.6. The molecule has 2 aromatic carbocycles. The van der Waals surface area contributed by atoms with Crippen LogP contribution in [-0.2, 0) is 11.3 Å². The maximum Gasteiger partial charge on any atom is 0.410 e. The Labute approximate surface area is 208 Å². The van der Waals surface area contributed by atoms with E-state index in [1.807, 2.05) is 68.1 Å². The summed E-state index contributed by atoms with van der Waals surface area (Å²) in [6.07, 6.45) is 1.46. The van der Waals surface area contributed by atoms with E-state index < -0.39 is 5.60 Å². The SMILES string of the molecule is CC(C)(C)OC(=O)N1CCC(Oc2ccc(CN3CCN(C(=O)c4ccccc4)CC3)cc2)CC1. The molecule has 188 valence electrons. The highest BCUT2D eigenvalue weighted by atomic mass is 16.6. The lowest BCUT2D eigenvalue weighted by atomic mass is 10.1. The number of hydrogen-bond acceptors (Lipinski definition) is 5. The van der Waals surface area contributed by atoms with E-state index in [2.05, 4.69) is 17.0 Å². The number of rotatable bonds is 5. The van der Waals surface area contributed by atoms with Gasteiger partial charge in [0, 0.05) is 64.2 Å². The summed E-state index contributed by atoms with van der Waals surface area (Å²) >= 11 is 0. The van der Waals surface area contributed by atoms with Gasteiger partial charge in [0.15, 0.2) is 0 Å². The van der Waals surface area contributed by atoms with Crippen molar-refractivity contribution in [2.24, 2.45) is 0 Å². The molecule has 0 atom stereocenters. The van der Waals surface area contributed by atoms with Gasteiger partial charge in [0.1, 0.15) is 17.5 Å². The molecule has 0 radical (unpaired) electrons. The van der Waals surface area contributed by atoms with Gasteiger partial charge in [-0.25, -0.2) is 4.79 Å². The molecule has 0 aromatic heterocycles. The maximum absolute atomic E-state index is 12.6. The van der Waals surface area contributed by atoms with Crippen LogP contribution in [0.1, 0.15) is 49.5 Å². The molecule has 0 saturated carbocycles. The third-order valence-corrected chi connectivity index (χ3v) is 6.41. The largest absolute Gasteiger partial charge is 0.490 e. The number of likely N-dealkylation sites (tertiary alicyclic amines) is 1. The van der Waals surface area contributed by atoms with E-state index in [1.165, 1.54) is 5.56 Å². The van der Waals surface area contributed by atoms with E-state index in [-0.39, 0.29) is 18.1 Å². The predicted molar refractivity (Wildman–Crippen MR) is 136 cm³/mol. The smallest absolute Gasteiger partial charge is 0.410 e. The van der Waals surface area contributed by atoms with Crippen molar-refractivity contribution in [3.8, 4) is 5.75 Å². The van der Waals surface area contributed by atoms with E-state index in [9.17, 15) is 9.59 Å². The minimum atomic E-state index is -0.473. The van der Waals surface area contributed by atoms with Crippen LogP contribution in [-0.4, -0.2) is 77.7 Å². The zero-order valence-electron chi connectivity index (χ0n) is 21.1. The highest BCUT2D eigenvalue weighted by molar-refractivity contribution is 5.94. The van der Waals surface area contributed by atoms with E-state index in [0.29, 0.717) is 13.1 Å². The molecule has 2 aliphatic heterocycles. The summed E-state index contributed by atoms with van der Waals surface area (Å²) < 4.78 is 11.6. The third kappa shape index (κ3) is 7.21. The van der Waals surface area contributed by atoms with Gasteiger partial charge in [-0.2, -0.15) is 0 Å². The molecule has 7 nitrogen and oxygen atoms in total. The zero-order chi connectivity index (χ0) is 24.8. The van der Waals surface area contributed by atoms with Crippen LogP contribution in [0.4, 0.5) is 4.79 Å². The van der Waals surface area contributed by atoms with Crippen molar-refractivity contribution < 1.29 is 19.1 Å². The topological polar surface area (TPSA) is 62.3 Å². The molecule has 0 unspecified atom stereocenters. The monoisotopic (exact) mass is 479 g/mol. The van der Waals surface area contributed by atoms with Gasteiger partial charge in [0.05, 0.1) is 0 Å². The number of piperidine rings is 1. The molecule has 0 spiro atoms. The van der Waals surface area contributed by atoms with Gasteiger partial charge in [-0.3, -0.25) is 9.69 Å². The minimum absolute atomic E-state index is 0.106. The van der Waals surface area contributed by atoms with Gasteiger partial charge < -0.3 is 19.3 Å². The Kier molecular flexibility index (Phi) is 7.96. The Morgan fingerprint density at radius 2 is 1.46 bits per heavy atom.